The van der Waals surface area contributed by atoms with Crippen molar-refractivity contribution in [2.24, 2.45) is 0 Å². The molecule has 1 fully saturated rings. The third-order valence-electron chi connectivity index (χ3n) is 6.19. The van der Waals surface area contributed by atoms with E-state index in [0.29, 0.717) is 30.0 Å². The molecule has 7 nitrogen and oxygen atoms in total. The van der Waals surface area contributed by atoms with E-state index < -0.39 is 0 Å². The summed E-state index contributed by atoms with van der Waals surface area (Å²) in [7, 11) is 0. The minimum absolute atomic E-state index is 0.0102. The van der Waals surface area contributed by atoms with Gasteiger partial charge in [0.1, 0.15) is 0 Å². The van der Waals surface area contributed by atoms with Crippen LogP contribution in [-0.4, -0.2) is 37.0 Å². The molecule has 0 spiro atoms. The van der Waals surface area contributed by atoms with E-state index >= 15 is 0 Å². The quantitative estimate of drug-likeness (QED) is 0.355. The molecule has 1 saturated carbocycles. The largest absolute Gasteiger partial charge is 0.353 e. The highest BCUT2D eigenvalue weighted by Crippen LogP contribution is 2.22. The van der Waals surface area contributed by atoms with E-state index in [2.05, 4.69) is 32.2 Å². The van der Waals surface area contributed by atoms with Gasteiger partial charge < -0.3 is 9.88 Å². The van der Waals surface area contributed by atoms with Gasteiger partial charge in [0, 0.05) is 12.6 Å². The zero-order valence-corrected chi connectivity index (χ0v) is 20.5. The maximum Gasteiger partial charge on any atom is 0.308 e. The van der Waals surface area contributed by atoms with Crippen molar-refractivity contribution in [2.45, 2.75) is 56.4 Å². The summed E-state index contributed by atoms with van der Waals surface area (Å²) in [6, 6.07) is 18.4. The summed E-state index contributed by atoms with van der Waals surface area (Å²) < 4.78 is 4.77. The first-order chi connectivity index (χ1) is 16.7. The molecule has 2 heterocycles. The molecule has 0 radical (unpaired) electrons. The van der Waals surface area contributed by atoms with Crippen molar-refractivity contribution in [3.63, 3.8) is 0 Å². The number of aryl methyl sites for hydroxylation is 1. The lowest BCUT2D eigenvalue weighted by molar-refractivity contribution is -0.119. The molecule has 0 aliphatic heterocycles. The number of rotatable bonds is 9. The van der Waals surface area contributed by atoms with Crippen molar-refractivity contribution in [1.82, 2.24) is 24.6 Å². The van der Waals surface area contributed by atoms with Crippen molar-refractivity contribution in [3.8, 4) is 0 Å². The Morgan fingerprint density at radius 1 is 1.03 bits per heavy atom. The lowest BCUT2D eigenvalue weighted by Crippen LogP contribution is -2.33. The molecule has 2 aromatic heterocycles. The summed E-state index contributed by atoms with van der Waals surface area (Å²) in [4.78, 5) is 25.2. The zero-order valence-electron chi connectivity index (χ0n) is 18.9. The number of nitrogens with zero attached hydrogens (tertiary/aromatic N) is 4. The highest BCUT2D eigenvalue weighted by atomic mass is 32.2. The van der Waals surface area contributed by atoms with Crippen LogP contribution in [0.1, 0.15) is 37.1 Å². The summed E-state index contributed by atoms with van der Waals surface area (Å²) in [5.74, 6) is 1.07. The van der Waals surface area contributed by atoms with Crippen molar-refractivity contribution < 1.29 is 4.79 Å². The number of benzene rings is 2. The Labute approximate surface area is 206 Å². The van der Waals surface area contributed by atoms with Crippen LogP contribution in [0.25, 0.3) is 10.2 Å². The molecule has 4 aromatic rings. The van der Waals surface area contributed by atoms with E-state index in [1.807, 2.05) is 42.5 Å². The van der Waals surface area contributed by atoms with Crippen molar-refractivity contribution >= 4 is 39.2 Å². The number of thioether (sulfide) groups is 1. The maximum atomic E-state index is 12.7. The average molecular weight is 494 g/mol. The van der Waals surface area contributed by atoms with Crippen molar-refractivity contribution in [2.75, 3.05) is 5.75 Å². The molecule has 5 rings (SSSR count). The van der Waals surface area contributed by atoms with Gasteiger partial charge >= 0.3 is 4.87 Å². The number of hydrogen-bond acceptors (Lipinski definition) is 6. The standard InChI is InChI=1S/C25H27N5O2S2/c31-23(26-19-10-4-5-11-19)17-33-24-28-27-22(29(24)15-14-18-8-2-1-3-9-18)16-30-20-12-6-7-13-21(20)34-25(30)32/h1-3,6-9,12-13,19H,4-5,10-11,14-17H2,(H,26,31). The number of thiazole rings is 1. The Morgan fingerprint density at radius 2 is 1.79 bits per heavy atom. The normalized spacial score (nSPS) is 14.1. The summed E-state index contributed by atoms with van der Waals surface area (Å²) in [5.41, 5.74) is 2.12. The third-order valence-corrected chi connectivity index (χ3v) is 8.11. The summed E-state index contributed by atoms with van der Waals surface area (Å²) in [5, 5.41) is 12.7. The first-order valence-electron chi connectivity index (χ1n) is 11.6. The summed E-state index contributed by atoms with van der Waals surface area (Å²) in [6.07, 6.45) is 5.32. The fraction of sp³-hybridized carbons (Fsp3) is 0.360. The number of carbonyl (C=O) groups excluding carboxylic acids is 1. The Balaban J connectivity index is 1.36. The first-order valence-corrected chi connectivity index (χ1v) is 13.4. The van der Waals surface area contributed by atoms with Crippen LogP contribution in [0.5, 0.6) is 0 Å². The van der Waals surface area contributed by atoms with Gasteiger partial charge in [-0.25, -0.2) is 0 Å². The predicted octanol–water partition coefficient (Wildman–Crippen LogP) is 4.10. The second-order valence-corrected chi connectivity index (χ2v) is 10.5. The van der Waals surface area contributed by atoms with Crippen LogP contribution < -0.4 is 10.2 Å². The Morgan fingerprint density at radius 3 is 2.62 bits per heavy atom. The second kappa shape index (κ2) is 10.6. The van der Waals surface area contributed by atoms with Gasteiger partial charge in [-0.05, 0) is 37.0 Å². The number of fused-ring (bicyclic) bond motifs is 1. The van der Waals surface area contributed by atoms with E-state index in [4.69, 9.17) is 0 Å². The average Bonchev–Trinajstić information content (AvgIpc) is 3.57. The lowest BCUT2D eigenvalue weighted by atomic mass is 10.1. The Hall–Kier alpha value is -2.91. The molecular weight excluding hydrogens is 466 g/mol. The van der Waals surface area contributed by atoms with Crippen molar-refractivity contribution in [3.05, 3.63) is 75.7 Å². The minimum Gasteiger partial charge on any atom is -0.353 e. The van der Waals surface area contributed by atoms with Gasteiger partial charge in [0.2, 0.25) is 5.91 Å². The van der Waals surface area contributed by atoms with E-state index in [0.717, 1.165) is 35.3 Å². The van der Waals surface area contributed by atoms with Crippen LogP contribution in [0, 0.1) is 0 Å². The molecule has 0 bridgehead atoms. The lowest BCUT2D eigenvalue weighted by Gasteiger charge is -2.13. The van der Waals surface area contributed by atoms with Crippen LogP contribution in [0.2, 0.25) is 0 Å². The monoisotopic (exact) mass is 493 g/mol. The van der Waals surface area contributed by atoms with Gasteiger partial charge in [-0.3, -0.25) is 14.2 Å². The fourth-order valence-corrected chi connectivity index (χ4v) is 6.11. The first kappa shape index (κ1) is 22.9. The number of aromatic nitrogens is 4. The fourth-order valence-electron chi connectivity index (χ4n) is 4.43. The molecule has 1 aliphatic rings. The smallest absolute Gasteiger partial charge is 0.308 e. The van der Waals surface area contributed by atoms with Gasteiger partial charge in [-0.1, -0.05) is 78.4 Å². The van der Waals surface area contributed by atoms with E-state index in [1.54, 1.807) is 4.57 Å². The molecule has 2 aromatic carbocycles. The Bertz CT molecular complexity index is 1320. The maximum absolute atomic E-state index is 12.7. The van der Waals surface area contributed by atoms with Crippen LogP contribution in [-0.2, 0) is 24.3 Å². The van der Waals surface area contributed by atoms with E-state index in [-0.39, 0.29) is 10.8 Å². The molecule has 34 heavy (non-hydrogen) atoms. The minimum atomic E-state index is -0.0102. The number of nitrogens with one attached hydrogen (secondary N) is 1. The van der Waals surface area contributed by atoms with Gasteiger partial charge in [-0.15, -0.1) is 10.2 Å². The third kappa shape index (κ3) is 5.26. The van der Waals surface area contributed by atoms with Crippen LogP contribution in [0.3, 0.4) is 0 Å². The van der Waals surface area contributed by atoms with Crippen LogP contribution in [0.15, 0.2) is 64.5 Å². The molecule has 0 atom stereocenters. The molecule has 0 unspecified atom stereocenters. The van der Waals surface area contributed by atoms with Gasteiger partial charge in [-0.2, -0.15) is 0 Å². The van der Waals surface area contributed by atoms with Gasteiger partial charge in [0.25, 0.3) is 0 Å². The summed E-state index contributed by atoms with van der Waals surface area (Å²) >= 11 is 2.65. The molecule has 9 heteroatoms. The van der Waals surface area contributed by atoms with Crippen molar-refractivity contribution in [1.29, 1.82) is 0 Å². The number of carbonyl (C=O) groups is 1. The predicted molar refractivity (Wildman–Crippen MR) is 136 cm³/mol. The molecule has 0 saturated heterocycles. The SMILES string of the molecule is O=C(CSc1nnc(Cn2c(=O)sc3ccccc32)n1CCc1ccccc1)NC1CCCC1. The zero-order chi connectivity index (χ0) is 23.3. The second-order valence-electron chi connectivity index (χ2n) is 8.55. The van der Waals surface area contributed by atoms with Gasteiger partial charge in [0.15, 0.2) is 11.0 Å². The number of hydrogen-bond donors (Lipinski definition) is 1. The summed E-state index contributed by atoms with van der Waals surface area (Å²) in [6.45, 7) is 1.02. The molecule has 1 N–H and O–H groups in total. The van der Waals surface area contributed by atoms with Gasteiger partial charge in [0.05, 0.1) is 22.5 Å². The number of para-hydroxylation sites is 1. The van der Waals surface area contributed by atoms with Crippen LogP contribution >= 0.6 is 23.1 Å². The highest BCUT2D eigenvalue weighted by Gasteiger charge is 2.20. The molecule has 1 aliphatic carbocycles. The number of amides is 1. The molecule has 176 valence electrons. The highest BCUT2D eigenvalue weighted by molar-refractivity contribution is 7.99. The topological polar surface area (TPSA) is 81.8 Å². The Kier molecular flexibility index (Phi) is 7.10. The van der Waals surface area contributed by atoms with E-state index in [9.17, 15) is 9.59 Å². The molecular formula is C25H27N5O2S2. The van der Waals surface area contributed by atoms with E-state index in [1.165, 1.54) is 41.5 Å². The van der Waals surface area contributed by atoms with Crippen LogP contribution in [0.4, 0.5) is 0 Å². The molecule has 1 amide bonds.